The SMILES string of the molecule is N#Cc1c(NC(=O)/C=C/c2cccnc2)sc2c1CCC(COC(=O)NCc1ccccc1)C2. The topological polar surface area (TPSA) is 104 Å². The number of pyridine rings is 1. The highest BCUT2D eigenvalue weighted by Gasteiger charge is 2.27. The molecule has 1 unspecified atom stereocenters. The summed E-state index contributed by atoms with van der Waals surface area (Å²) in [4.78, 5) is 29.5. The van der Waals surface area contributed by atoms with E-state index < -0.39 is 6.09 Å². The van der Waals surface area contributed by atoms with Gasteiger partial charge in [0.2, 0.25) is 5.91 Å². The Bertz CT molecular complexity index is 1220. The molecule has 7 nitrogen and oxygen atoms in total. The van der Waals surface area contributed by atoms with Crippen LogP contribution in [0.15, 0.2) is 60.9 Å². The van der Waals surface area contributed by atoms with E-state index in [4.69, 9.17) is 4.74 Å². The summed E-state index contributed by atoms with van der Waals surface area (Å²) < 4.78 is 5.43. The smallest absolute Gasteiger partial charge is 0.407 e. The predicted molar refractivity (Wildman–Crippen MR) is 131 cm³/mol. The molecule has 0 radical (unpaired) electrons. The van der Waals surface area contributed by atoms with E-state index in [1.54, 1.807) is 24.5 Å². The first-order valence-electron chi connectivity index (χ1n) is 11.0. The second-order valence-corrected chi connectivity index (χ2v) is 9.08. The van der Waals surface area contributed by atoms with Crippen LogP contribution in [0.3, 0.4) is 0 Å². The maximum atomic E-state index is 12.4. The Hall–Kier alpha value is -3.96. The Morgan fingerprint density at radius 3 is 2.85 bits per heavy atom. The predicted octanol–water partition coefficient (Wildman–Crippen LogP) is 4.70. The number of aromatic nitrogens is 1. The molecule has 0 spiro atoms. The largest absolute Gasteiger partial charge is 0.449 e. The number of rotatable bonds is 7. The molecule has 0 bridgehead atoms. The van der Waals surface area contributed by atoms with Gasteiger partial charge < -0.3 is 15.4 Å². The Labute approximate surface area is 202 Å². The summed E-state index contributed by atoms with van der Waals surface area (Å²) in [6.07, 6.45) is 8.25. The van der Waals surface area contributed by atoms with Gasteiger partial charge in [0.25, 0.3) is 0 Å². The van der Waals surface area contributed by atoms with E-state index in [2.05, 4.69) is 21.7 Å². The molecule has 2 N–H and O–H groups in total. The fraction of sp³-hybridized carbons (Fsp3) is 0.231. The van der Waals surface area contributed by atoms with Gasteiger partial charge >= 0.3 is 6.09 Å². The molecule has 2 amide bonds. The molecule has 4 rings (SSSR count). The number of nitriles is 1. The standard InChI is InChI=1S/C26H24N4O3S/c27-14-22-21-10-8-20(17-33-26(32)29-16-18-5-2-1-3-6-18)13-23(21)34-25(22)30-24(31)11-9-19-7-4-12-28-15-19/h1-7,9,11-12,15,20H,8,10,13,16-17H2,(H,29,32)(H,30,31)/b11-9+. The van der Waals surface area contributed by atoms with Crippen molar-refractivity contribution in [2.24, 2.45) is 5.92 Å². The van der Waals surface area contributed by atoms with Crippen molar-refractivity contribution in [1.82, 2.24) is 10.3 Å². The summed E-state index contributed by atoms with van der Waals surface area (Å²) >= 11 is 1.43. The van der Waals surface area contributed by atoms with Gasteiger partial charge in [-0.15, -0.1) is 11.3 Å². The van der Waals surface area contributed by atoms with Gasteiger partial charge in [-0.3, -0.25) is 9.78 Å². The van der Waals surface area contributed by atoms with Crippen LogP contribution in [0.2, 0.25) is 0 Å². The third-order valence-corrected chi connectivity index (χ3v) is 6.73. The first-order valence-corrected chi connectivity index (χ1v) is 11.8. The van der Waals surface area contributed by atoms with Gasteiger partial charge in [0.1, 0.15) is 11.1 Å². The highest BCUT2D eigenvalue weighted by atomic mass is 32.1. The second-order valence-electron chi connectivity index (χ2n) is 7.98. The lowest BCUT2D eigenvalue weighted by molar-refractivity contribution is -0.111. The number of nitrogens with zero attached hydrogens (tertiary/aromatic N) is 2. The number of carbonyl (C=O) groups excluding carboxylic acids is 2. The number of hydrogen-bond donors (Lipinski definition) is 2. The van der Waals surface area contributed by atoms with E-state index in [0.29, 0.717) is 30.1 Å². The zero-order valence-electron chi connectivity index (χ0n) is 18.5. The van der Waals surface area contributed by atoms with Crippen molar-refractivity contribution in [2.45, 2.75) is 25.8 Å². The van der Waals surface area contributed by atoms with E-state index >= 15 is 0 Å². The maximum Gasteiger partial charge on any atom is 0.407 e. The number of amides is 2. The molecule has 3 aromatic rings. The van der Waals surface area contributed by atoms with Crippen molar-refractivity contribution in [2.75, 3.05) is 11.9 Å². The lowest BCUT2D eigenvalue weighted by Crippen LogP contribution is -2.27. The molecule has 1 aromatic carbocycles. The number of carbonyl (C=O) groups is 2. The Kier molecular flexibility index (Phi) is 7.68. The van der Waals surface area contributed by atoms with Crippen molar-refractivity contribution in [3.63, 3.8) is 0 Å². The maximum absolute atomic E-state index is 12.4. The average Bonchev–Trinajstić information content (AvgIpc) is 3.22. The lowest BCUT2D eigenvalue weighted by atomic mass is 9.88. The third kappa shape index (κ3) is 6.09. The van der Waals surface area contributed by atoms with Crippen LogP contribution in [0.25, 0.3) is 6.08 Å². The monoisotopic (exact) mass is 472 g/mol. The van der Waals surface area contributed by atoms with Crippen LogP contribution >= 0.6 is 11.3 Å². The quantitative estimate of drug-likeness (QED) is 0.485. The van der Waals surface area contributed by atoms with E-state index in [9.17, 15) is 14.9 Å². The van der Waals surface area contributed by atoms with E-state index in [1.807, 2.05) is 36.4 Å². The molecule has 8 heteroatoms. The summed E-state index contributed by atoms with van der Waals surface area (Å²) in [6.45, 7) is 0.735. The number of benzene rings is 1. The van der Waals surface area contributed by atoms with Gasteiger partial charge in [0, 0.05) is 29.9 Å². The summed E-state index contributed by atoms with van der Waals surface area (Å²) in [5.41, 5.74) is 3.35. The van der Waals surface area contributed by atoms with Gasteiger partial charge in [-0.05, 0) is 54.0 Å². The van der Waals surface area contributed by atoms with Crippen LogP contribution in [-0.2, 0) is 28.9 Å². The number of alkyl carbamates (subject to hydrolysis) is 1. The van der Waals surface area contributed by atoms with Crippen LogP contribution in [0.5, 0.6) is 0 Å². The number of fused-ring (bicyclic) bond motifs is 1. The molecule has 1 atom stereocenters. The fourth-order valence-electron chi connectivity index (χ4n) is 3.82. The molecule has 1 aliphatic carbocycles. The van der Waals surface area contributed by atoms with Crippen LogP contribution in [0, 0.1) is 17.2 Å². The van der Waals surface area contributed by atoms with Crippen molar-refractivity contribution < 1.29 is 14.3 Å². The molecule has 2 aromatic heterocycles. The molecule has 0 saturated carbocycles. The Morgan fingerprint density at radius 2 is 2.09 bits per heavy atom. The third-order valence-electron chi connectivity index (χ3n) is 5.56. The van der Waals surface area contributed by atoms with Crippen LogP contribution in [-0.4, -0.2) is 23.6 Å². The molecule has 0 fully saturated rings. The average molecular weight is 473 g/mol. The van der Waals surface area contributed by atoms with Gasteiger partial charge in [-0.25, -0.2) is 4.79 Å². The number of nitrogens with one attached hydrogen (secondary N) is 2. The molecule has 2 heterocycles. The number of hydrogen-bond acceptors (Lipinski definition) is 6. The van der Waals surface area contributed by atoms with Crippen molar-refractivity contribution in [1.29, 1.82) is 5.26 Å². The van der Waals surface area contributed by atoms with Crippen LogP contribution in [0.4, 0.5) is 9.80 Å². The van der Waals surface area contributed by atoms with Crippen molar-refractivity contribution >= 4 is 34.4 Å². The zero-order chi connectivity index (χ0) is 23.8. The minimum atomic E-state index is -0.438. The summed E-state index contributed by atoms with van der Waals surface area (Å²) in [6, 6.07) is 15.6. The van der Waals surface area contributed by atoms with Crippen molar-refractivity contribution in [3.05, 3.63) is 88.1 Å². The first kappa shape index (κ1) is 23.2. The van der Waals surface area contributed by atoms with Gasteiger partial charge in [0.05, 0.1) is 12.2 Å². The summed E-state index contributed by atoms with van der Waals surface area (Å²) in [5, 5.41) is 15.9. The molecule has 172 valence electrons. The molecular formula is C26H24N4O3S. The fourth-order valence-corrected chi connectivity index (χ4v) is 5.13. The van der Waals surface area contributed by atoms with E-state index in [-0.39, 0.29) is 11.8 Å². The normalized spacial score (nSPS) is 14.7. The molecule has 0 aliphatic heterocycles. The molecule has 34 heavy (non-hydrogen) atoms. The summed E-state index contributed by atoms with van der Waals surface area (Å²) in [5.74, 6) is -0.122. The first-order chi connectivity index (χ1) is 16.6. The highest BCUT2D eigenvalue weighted by Crippen LogP contribution is 2.39. The summed E-state index contributed by atoms with van der Waals surface area (Å²) in [7, 11) is 0. The molecule has 1 aliphatic rings. The lowest BCUT2D eigenvalue weighted by Gasteiger charge is -2.21. The van der Waals surface area contributed by atoms with Gasteiger partial charge in [-0.2, -0.15) is 5.26 Å². The molecular weight excluding hydrogens is 448 g/mol. The van der Waals surface area contributed by atoms with Gasteiger partial charge in [-0.1, -0.05) is 36.4 Å². The van der Waals surface area contributed by atoms with Crippen LogP contribution in [0.1, 0.15) is 33.6 Å². The highest BCUT2D eigenvalue weighted by molar-refractivity contribution is 7.16. The van der Waals surface area contributed by atoms with E-state index in [0.717, 1.165) is 34.4 Å². The zero-order valence-corrected chi connectivity index (χ0v) is 19.3. The van der Waals surface area contributed by atoms with Crippen LogP contribution < -0.4 is 10.6 Å². The van der Waals surface area contributed by atoms with Gasteiger partial charge in [0.15, 0.2) is 0 Å². The number of thiophene rings is 1. The number of ether oxygens (including phenoxy) is 1. The number of anilines is 1. The van der Waals surface area contributed by atoms with E-state index in [1.165, 1.54) is 17.4 Å². The Balaban J connectivity index is 1.31. The minimum absolute atomic E-state index is 0.175. The minimum Gasteiger partial charge on any atom is -0.449 e. The van der Waals surface area contributed by atoms with Crippen molar-refractivity contribution in [3.8, 4) is 6.07 Å². The Morgan fingerprint density at radius 1 is 1.24 bits per heavy atom. The second kappa shape index (κ2) is 11.3. The molecule has 0 saturated heterocycles.